The molecule has 4 rings (SSSR count). The molecule has 0 saturated heterocycles. The molecule has 1 spiro atoms. The predicted octanol–water partition coefficient (Wildman–Crippen LogP) is 4.84. The second-order valence-corrected chi connectivity index (χ2v) is 8.24. The zero-order valence-electron chi connectivity index (χ0n) is 17.7. The molecule has 1 amide bonds. The Balaban J connectivity index is 1.35. The molecule has 1 fully saturated rings. The maximum atomic E-state index is 12.4. The Labute approximate surface area is 176 Å². The first-order valence-corrected chi connectivity index (χ1v) is 10.4. The van der Waals surface area contributed by atoms with Crippen molar-refractivity contribution >= 4 is 17.6 Å². The van der Waals surface area contributed by atoms with E-state index < -0.39 is 17.7 Å². The molecule has 0 radical (unpaired) electrons. The minimum Gasteiger partial charge on any atom is -0.452 e. The van der Waals surface area contributed by atoms with Crippen molar-refractivity contribution in [1.82, 2.24) is 0 Å². The van der Waals surface area contributed by atoms with Crippen LogP contribution in [0.4, 0.5) is 5.69 Å². The van der Waals surface area contributed by atoms with Crippen molar-refractivity contribution in [2.24, 2.45) is 0 Å². The van der Waals surface area contributed by atoms with Gasteiger partial charge in [-0.2, -0.15) is 0 Å². The minimum atomic E-state index is -0.553. The summed E-state index contributed by atoms with van der Waals surface area (Å²) in [5, 5.41) is 2.76. The lowest BCUT2D eigenvalue weighted by Crippen LogP contribution is -2.40. The van der Waals surface area contributed by atoms with Crippen LogP contribution in [0.5, 0.6) is 11.5 Å². The fraction of sp³-hybridized carbons (Fsp3) is 0.417. The number of anilines is 1. The van der Waals surface area contributed by atoms with Gasteiger partial charge in [0.2, 0.25) is 0 Å². The highest BCUT2D eigenvalue weighted by Gasteiger charge is 2.42. The van der Waals surface area contributed by atoms with E-state index in [0.717, 1.165) is 42.4 Å². The maximum absolute atomic E-state index is 12.4. The fourth-order valence-corrected chi connectivity index (χ4v) is 4.37. The van der Waals surface area contributed by atoms with Crippen LogP contribution in [-0.4, -0.2) is 24.3 Å². The van der Waals surface area contributed by atoms with E-state index in [-0.39, 0.29) is 6.61 Å². The number of aryl methyl sites for hydroxylation is 3. The van der Waals surface area contributed by atoms with E-state index >= 15 is 0 Å². The molecule has 6 nitrogen and oxygen atoms in total. The number of carbonyl (C=O) groups excluding carboxylic acids is 2. The SMILES string of the molecule is Cc1cc(C)c(C(=O)OCC(=O)Nc2ccc3c(c2)OC2(CCCCC2)O3)c(C)c1. The largest absolute Gasteiger partial charge is 0.452 e. The summed E-state index contributed by atoms with van der Waals surface area (Å²) in [6, 6.07) is 9.18. The van der Waals surface area contributed by atoms with Crippen LogP contribution >= 0.6 is 0 Å². The third kappa shape index (κ3) is 4.13. The molecule has 158 valence electrons. The first kappa shape index (κ1) is 20.3. The standard InChI is InChI=1S/C24H27NO5/c1-15-11-16(2)22(17(3)12-15)23(27)28-14-21(26)25-18-7-8-19-20(13-18)30-24(29-19)9-5-4-6-10-24/h7-8,11-13H,4-6,9-10,14H2,1-3H3,(H,25,26). The van der Waals surface area contributed by atoms with Gasteiger partial charge in [-0.3, -0.25) is 4.79 Å². The van der Waals surface area contributed by atoms with Gasteiger partial charge >= 0.3 is 5.97 Å². The molecule has 1 aliphatic carbocycles. The zero-order chi connectivity index (χ0) is 21.3. The number of benzene rings is 2. The van der Waals surface area contributed by atoms with E-state index in [1.165, 1.54) is 6.42 Å². The molecular formula is C24H27NO5. The summed E-state index contributed by atoms with van der Waals surface area (Å²) < 4.78 is 17.4. The van der Waals surface area contributed by atoms with Gasteiger partial charge in [0.1, 0.15) is 0 Å². The van der Waals surface area contributed by atoms with Gasteiger partial charge in [-0.25, -0.2) is 4.79 Å². The second-order valence-electron chi connectivity index (χ2n) is 8.24. The van der Waals surface area contributed by atoms with Crippen molar-refractivity contribution in [2.45, 2.75) is 58.7 Å². The Bertz CT molecular complexity index is 968. The second kappa shape index (κ2) is 8.01. The van der Waals surface area contributed by atoms with Gasteiger partial charge in [-0.15, -0.1) is 0 Å². The van der Waals surface area contributed by atoms with Gasteiger partial charge in [-0.05, 0) is 56.9 Å². The molecule has 1 heterocycles. The Morgan fingerprint density at radius 2 is 1.63 bits per heavy atom. The number of rotatable bonds is 4. The van der Waals surface area contributed by atoms with Crippen molar-refractivity contribution < 1.29 is 23.8 Å². The van der Waals surface area contributed by atoms with Crippen molar-refractivity contribution in [3.05, 3.63) is 52.6 Å². The van der Waals surface area contributed by atoms with Crippen molar-refractivity contribution in [3.63, 3.8) is 0 Å². The summed E-state index contributed by atoms with van der Waals surface area (Å²) in [5.41, 5.74) is 3.84. The highest BCUT2D eigenvalue weighted by Crippen LogP contribution is 2.46. The summed E-state index contributed by atoms with van der Waals surface area (Å²) >= 11 is 0. The van der Waals surface area contributed by atoms with Crippen LogP contribution in [0.3, 0.4) is 0 Å². The Morgan fingerprint density at radius 3 is 2.33 bits per heavy atom. The highest BCUT2D eigenvalue weighted by molar-refractivity contribution is 5.97. The number of amides is 1. The van der Waals surface area contributed by atoms with Gasteiger partial charge in [-0.1, -0.05) is 24.1 Å². The molecular weight excluding hydrogens is 382 g/mol. The Morgan fingerprint density at radius 1 is 0.967 bits per heavy atom. The number of nitrogens with one attached hydrogen (secondary N) is 1. The zero-order valence-corrected chi connectivity index (χ0v) is 17.7. The average Bonchev–Trinajstić information content (AvgIpc) is 3.02. The number of carbonyl (C=O) groups is 2. The van der Waals surface area contributed by atoms with Crippen LogP contribution < -0.4 is 14.8 Å². The number of hydrogen-bond acceptors (Lipinski definition) is 5. The number of hydrogen-bond donors (Lipinski definition) is 1. The summed E-state index contributed by atoms with van der Waals surface area (Å²) in [6.07, 6.45) is 5.12. The van der Waals surface area contributed by atoms with E-state index in [1.807, 2.05) is 32.9 Å². The van der Waals surface area contributed by atoms with Gasteiger partial charge in [0.15, 0.2) is 18.1 Å². The van der Waals surface area contributed by atoms with Gasteiger partial charge in [0.05, 0.1) is 5.56 Å². The van der Waals surface area contributed by atoms with Crippen molar-refractivity contribution in [1.29, 1.82) is 0 Å². The van der Waals surface area contributed by atoms with Crippen LogP contribution in [0.1, 0.15) is 59.2 Å². The lowest BCUT2D eigenvalue weighted by atomic mass is 9.94. The minimum absolute atomic E-state index is 0.357. The van der Waals surface area contributed by atoms with E-state index in [9.17, 15) is 9.59 Å². The first-order valence-electron chi connectivity index (χ1n) is 10.4. The fourth-order valence-electron chi connectivity index (χ4n) is 4.37. The summed E-state index contributed by atoms with van der Waals surface area (Å²) in [4.78, 5) is 24.7. The number of fused-ring (bicyclic) bond motifs is 1. The van der Waals surface area contributed by atoms with E-state index in [2.05, 4.69) is 5.32 Å². The Hall–Kier alpha value is -3.02. The summed E-state index contributed by atoms with van der Waals surface area (Å²) in [6.45, 7) is 5.35. The Kier molecular flexibility index (Phi) is 5.41. The van der Waals surface area contributed by atoms with Gasteiger partial charge < -0.3 is 19.5 Å². The first-order chi connectivity index (χ1) is 14.3. The maximum Gasteiger partial charge on any atom is 0.339 e. The quantitative estimate of drug-likeness (QED) is 0.732. The van der Waals surface area contributed by atoms with Crippen LogP contribution in [0.2, 0.25) is 0 Å². The van der Waals surface area contributed by atoms with Crippen LogP contribution in [0, 0.1) is 20.8 Å². The highest BCUT2D eigenvalue weighted by atomic mass is 16.7. The molecule has 2 aromatic carbocycles. The average molecular weight is 409 g/mol. The van der Waals surface area contributed by atoms with Crippen LogP contribution in [-0.2, 0) is 9.53 Å². The predicted molar refractivity (Wildman–Crippen MR) is 113 cm³/mol. The number of ether oxygens (including phenoxy) is 3. The van der Waals surface area contributed by atoms with Crippen molar-refractivity contribution in [2.75, 3.05) is 11.9 Å². The topological polar surface area (TPSA) is 73.9 Å². The van der Waals surface area contributed by atoms with E-state index in [0.29, 0.717) is 22.7 Å². The summed E-state index contributed by atoms with van der Waals surface area (Å²) in [5.74, 6) is -0.117. The van der Waals surface area contributed by atoms with E-state index in [4.69, 9.17) is 14.2 Å². The lowest BCUT2D eigenvalue weighted by molar-refractivity contribution is -0.119. The van der Waals surface area contributed by atoms with Crippen LogP contribution in [0.15, 0.2) is 30.3 Å². The molecule has 1 saturated carbocycles. The third-order valence-corrected chi connectivity index (χ3v) is 5.65. The van der Waals surface area contributed by atoms with E-state index in [1.54, 1.807) is 18.2 Å². The monoisotopic (exact) mass is 409 g/mol. The molecule has 0 aromatic heterocycles. The molecule has 1 N–H and O–H groups in total. The molecule has 30 heavy (non-hydrogen) atoms. The lowest BCUT2D eigenvalue weighted by Gasteiger charge is -2.31. The molecule has 0 atom stereocenters. The smallest absolute Gasteiger partial charge is 0.339 e. The van der Waals surface area contributed by atoms with Crippen molar-refractivity contribution in [3.8, 4) is 11.5 Å². The normalized spacial score (nSPS) is 16.4. The summed E-state index contributed by atoms with van der Waals surface area (Å²) in [7, 11) is 0. The molecule has 2 aliphatic rings. The molecule has 2 aromatic rings. The van der Waals surface area contributed by atoms with Gasteiger partial charge in [0, 0.05) is 24.6 Å². The van der Waals surface area contributed by atoms with Gasteiger partial charge in [0.25, 0.3) is 11.7 Å². The third-order valence-electron chi connectivity index (χ3n) is 5.65. The molecule has 0 unspecified atom stereocenters. The number of esters is 1. The molecule has 1 aliphatic heterocycles. The molecule has 0 bridgehead atoms. The van der Waals surface area contributed by atoms with Crippen LogP contribution in [0.25, 0.3) is 0 Å². The molecule has 6 heteroatoms.